The van der Waals surface area contributed by atoms with Crippen LogP contribution in [0.4, 0.5) is 11.9 Å². The Balaban J connectivity index is 1.56. The summed E-state index contributed by atoms with van der Waals surface area (Å²) in [5, 5.41) is 10.0. The standard InChI is InChI=1S/C13H23N7/c14-9-1-3-10(4-2-9)18-12-16-8-17-13(20-12)19-11-5-6-15-7-11/h8-11,15H,1-7,14H2,(H2,16,17,18,19,20)/t9-,10+,11-/m1/s1. The van der Waals surface area contributed by atoms with E-state index < -0.39 is 0 Å². The van der Waals surface area contributed by atoms with Crippen LogP contribution in [-0.4, -0.2) is 46.2 Å². The minimum atomic E-state index is 0.360. The SMILES string of the molecule is N[C@H]1CC[C@@H](Nc2ncnc(N[C@@H]3CCNC3)n2)CC1. The molecule has 1 aliphatic carbocycles. The zero-order chi connectivity index (χ0) is 13.8. The number of hydrogen-bond donors (Lipinski definition) is 4. The minimum absolute atomic E-state index is 0.360. The van der Waals surface area contributed by atoms with Crippen LogP contribution < -0.4 is 21.7 Å². The molecular weight excluding hydrogens is 254 g/mol. The van der Waals surface area contributed by atoms with Crippen molar-refractivity contribution in [3.63, 3.8) is 0 Å². The van der Waals surface area contributed by atoms with Crippen LogP contribution in [0.25, 0.3) is 0 Å². The average Bonchev–Trinajstić information content (AvgIpc) is 2.95. The van der Waals surface area contributed by atoms with Gasteiger partial charge < -0.3 is 21.7 Å². The molecule has 7 nitrogen and oxygen atoms in total. The molecule has 2 heterocycles. The van der Waals surface area contributed by atoms with Gasteiger partial charge in [-0.05, 0) is 38.6 Å². The van der Waals surface area contributed by atoms with Gasteiger partial charge in [0.05, 0.1) is 0 Å². The fourth-order valence-corrected chi connectivity index (χ4v) is 2.84. The van der Waals surface area contributed by atoms with E-state index in [1.165, 1.54) is 0 Å². The Labute approximate surface area is 119 Å². The molecule has 1 saturated heterocycles. The number of hydrogen-bond acceptors (Lipinski definition) is 7. The van der Waals surface area contributed by atoms with E-state index >= 15 is 0 Å². The van der Waals surface area contributed by atoms with E-state index in [0.29, 0.717) is 30.0 Å². The number of nitrogens with zero attached hydrogens (tertiary/aromatic N) is 3. The molecular formula is C13H23N7. The fourth-order valence-electron chi connectivity index (χ4n) is 2.84. The summed E-state index contributed by atoms with van der Waals surface area (Å²) in [5.74, 6) is 1.32. The van der Waals surface area contributed by atoms with Crippen LogP contribution in [0, 0.1) is 0 Å². The Morgan fingerprint density at radius 1 is 1.00 bits per heavy atom. The molecule has 0 spiro atoms. The van der Waals surface area contributed by atoms with E-state index in [1.54, 1.807) is 6.33 Å². The molecule has 0 bridgehead atoms. The Bertz CT molecular complexity index is 424. The molecule has 0 aromatic carbocycles. The lowest BCUT2D eigenvalue weighted by molar-refractivity contribution is 0.410. The zero-order valence-corrected chi connectivity index (χ0v) is 11.7. The van der Waals surface area contributed by atoms with E-state index in [2.05, 4.69) is 30.9 Å². The summed E-state index contributed by atoms with van der Waals surface area (Å²) in [4.78, 5) is 12.8. The minimum Gasteiger partial charge on any atom is -0.351 e. The molecule has 110 valence electrons. The third-order valence-corrected chi connectivity index (χ3v) is 4.07. The fraction of sp³-hybridized carbons (Fsp3) is 0.769. The van der Waals surface area contributed by atoms with Gasteiger partial charge in [0.25, 0.3) is 0 Å². The highest BCUT2D eigenvalue weighted by Crippen LogP contribution is 2.19. The van der Waals surface area contributed by atoms with Crippen LogP contribution in [0.1, 0.15) is 32.1 Å². The third kappa shape index (κ3) is 3.55. The lowest BCUT2D eigenvalue weighted by Gasteiger charge is -2.26. The molecule has 0 unspecified atom stereocenters. The van der Waals surface area contributed by atoms with Crippen molar-refractivity contribution in [3.8, 4) is 0 Å². The first kappa shape index (κ1) is 13.5. The smallest absolute Gasteiger partial charge is 0.227 e. The maximum absolute atomic E-state index is 5.92. The van der Waals surface area contributed by atoms with Gasteiger partial charge in [0.2, 0.25) is 11.9 Å². The Morgan fingerprint density at radius 3 is 2.35 bits per heavy atom. The van der Waals surface area contributed by atoms with Gasteiger partial charge in [-0.2, -0.15) is 4.98 Å². The average molecular weight is 277 g/mol. The van der Waals surface area contributed by atoms with Crippen molar-refractivity contribution >= 4 is 11.9 Å². The highest BCUT2D eigenvalue weighted by atomic mass is 15.2. The third-order valence-electron chi connectivity index (χ3n) is 4.07. The van der Waals surface area contributed by atoms with Crippen LogP contribution >= 0.6 is 0 Å². The Morgan fingerprint density at radius 2 is 1.70 bits per heavy atom. The van der Waals surface area contributed by atoms with E-state index in [4.69, 9.17) is 5.73 Å². The van der Waals surface area contributed by atoms with Gasteiger partial charge in [-0.25, -0.2) is 9.97 Å². The zero-order valence-electron chi connectivity index (χ0n) is 11.7. The van der Waals surface area contributed by atoms with Gasteiger partial charge in [-0.3, -0.25) is 0 Å². The number of aromatic nitrogens is 3. The number of rotatable bonds is 4. The first-order valence-electron chi connectivity index (χ1n) is 7.48. The molecule has 0 radical (unpaired) electrons. The van der Waals surface area contributed by atoms with Crippen molar-refractivity contribution in [3.05, 3.63) is 6.33 Å². The molecule has 5 N–H and O–H groups in total. The van der Waals surface area contributed by atoms with Crippen LogP contribution in [0.5, 0.6) is 0 Å². The normalized spacial score (nSPS) is 30.1. The van der Waals surface area contributed by atoms with Crippen molar-refractivity contribution in [2.45, 2.75) is 50.2 Å². The predicted octanol–water partition coefficient (Wildman–Crippen LogP) is 0.327. The molecule has 1 aromatic heterocycles. The summed E-state index contributed by atoms with van der Waals surface area (Å²) in [6.45, 7) is 2.02. The first-order chi connectivity index (χ1) is 9.79. The summed E-state index contributed by atoms with van der Waals surface area (Å²) in [5.41, 5.74) is 5.92. The van der Waals surface area contributed by atoms with Crippen LogP contribution in [0.2, 0.25) is 0 Å². The second-order valence-electron chi connectivity index (χ2n) is 5.72. The highest BCUT2D eigenvalue weighted by molar-refractivity contribution is 5.34. The van der Waals surface area contributed by atoms with Gasteiger partial charge in [0.15, 0.2) is 0 Å². The highest BCUT2D eigenvalue weighted by Gasteiger charge is 2.19. The lowest BCUT2D eigenvalue weighted by Crippen LogP contribution is -2.33. The van der Waals surface area contributed by atoms with Crippen molar-refractivity contribution in [2.24, 2.45) is 5.73 Å². The van der Waals surface area contributed by atoms with E-state index in [9.17, 15) is 0 Å². The summed E-state index contributed by atoms with van der Waals surface area (Å²) < 4.78 is 0. The second-order valence-corrected chi connectivity index (χ2v) is 5.72. The topological polar surface area (TPSA) is 101 Å². The summed E-state index contributed by atoms with van der Waals surface area (Å²) >= 11 is 0. The number of nitrogens with two attached hydrogens (primary N) is 1. The molecule has 2 fully saturated rings. The summed E-state index contributed by atoms with van der Waals surface area (Å²) in [7, 11) is 0. The van der Waals surface area contributed by atoms with Crippen LogP contribution in [0.15, 0.2) is 6.33 Å². The predicted molar refractivity (Wildman–Crippen MR) is 78.6 cm³/mol. The van der Waals surface area contributed by atoms with E-state index in [0.717, 1.165) is 45.2 Å². The summed E-state index contributed by atoms with van der Waals surface area (Å²) in [6, 6.07) is 1.20. The lowest BCUT2D eigenvalue weighted by atomic mass is 9.92. The molecule has 3 rings (SSSR count). The molecule has 2 aliphatic rings. The molecule has 7 heteroatoms. The molecule has 0 amide bonds. The molecule has 20 heavy (non-hydrogen) atoms. The molecule has 1 atom stereocenters. The van der Waals surface area contributed by atoms with Crippen molar-refractivity contribution < 1.29 is 0 Å². The monoisotopic (exact) mass is 277 g/mol. The van der Waals surface area contributed by atoms with Crippen molar-refractivity contribution in [1.29, 1.82) is 0 Å². The van der Waals surface area contributed by atoms with Crippen LogP contribution in [0.3, 0.4) is 0 Å². The maximum Gasteiger partial charge on any atom is 0.227 e. The molecule has 1 aromatic rings. The molecule has 1 aliphatic heterocycles. The first-order valence-corrected chi connectivity index (χ1v) is 7.48. The van der Waals surface area contributed by atoms with Gasteiger partial charge >= 0.3 is 0 Å². The van der Waals surface area contributed by atoms with Gasteiger partial charge in [-0.15, -0.1) is 0 Å². The van der Waals surface area contributed by atoms with Crippen LogP contribution in [-0.2, 0) is 0 Å². The van der Waals surface area contributed by atoms with Crippen molar-refractivity contribution in [2.75, 3.05) is 23.7 Å². The van der Waals surface area contributed by atoms with Gasteiger partial charge in [-0.1, -0.05) is 0 Å². The quantitative estimate of drug-likeness (QED) is 0.629. The molecule has 1 saturated carbocycles. The van der Waals surface area contributed by atoms with Crippen molar-refractivity contribution in [1.82, 2.24) is 20.3 Å². The largest absolute Gasteiger partial charge is 0.351 e. The number of anilines is 2. The van der Waals surface area contributed by atoms with E-state index in [-0.39, 0.29) is 0 Å². The maximum atomic E-state index is 5.92. The van der Waals surface area contributed by atoms with Gasteiger partial charge in [0.1, 0.15) is 6.33 Å². The Kier molecular flexibility index (Phi) is 4.27. The second kappa shape index (κ2) is 6.32. The summed E-state index contributed by atoms with van der Waals surface area (Å²) in [6.07, 6.45) is 6.98. The van der Waals surface area contributed by atoms with Gasteiger partial charge in [0, 0.05) is 24.7 Å². The Hall–Kier alpha value is -1.47. The van der Waals surface area contributed by atoms with E-state index in [1.807, 2.05) is 0 Å². The number of nitrogens with one attached hydrogen (secondary N) is 3.